The van der Waals surface area contributed by atoms with Gasteiger partial charge in [0.15, 0.2) is 0 Å². The number of hydrogen-bond acceptors (Lipinski definition) is 4. The highest BCUT2D eigenvalue weighted by molar-refractivity contribution is 5.47. The van der Waals surface area contributed by atoms with Crippen LogP contribution in [-0.2, 0) is 0 Å². The fraction of sp³-hybridized carbons (Fsp3) is 0.733. The van der Waals surface area contributed by atoms with Crippen LogP contribution in [0.15, 0.2) is 6.07 Å². The first-order valence-corrected chi connectivity index (χ1v) is 7.55. The van der Waals surface area contributed by atoms with Crippen molar-refractivity contribution in [1.29, 1.82) is 0 Å². The monoisotopic (exact) mass is 262 g/mol. The Balaban J connectivity index is 1.92. The van der Waals surface area contributed by atoms with E-state index in [1.54, 1.807) is 0 Å². The molecule has 0 saturated heterocycles. The van der Waals surface area contributed by atoms with Crippen molar-refractivity contribution in [2.75, 3.05) is 23.7 Å². The highest BCUT2D eigenvalue weighted by Crippen LogP contribution is 2.33. The van der Waals surface area contributed by atoms with Gasteiger partial charge in [-0.1, -0.05) is 26.7 Å². The molecule has 0 spiro atoms. The maximum absolute atomic E-state index is 4.59. The number of nitrogens with one attached hydrogen (secondary N) is 2. The molecule has 0 aromatic carbocycles. The van der Waals surface area contributed by atoms with E-state index in [0.717, 1.165) is 36.5 Å². The van der Waals surface area contributed by atoms with Crippen molar-refractivity contribution in [3.63, 3.8) is 0 Å². The van der Waals surface area contributed by atoms with Crippen molar-refractivity contribution in [3.05, 3.63) is 11.9 Å². The molecule has 1 aliphatic carbocycles. The van der Waals surface area contributed by atoms with Crippen LogP contribution in [0.1, 0.15) is 58.2 Å². The summed E-state index contributed by atoms with van der Waals surface area (Å²) < 4.78 is 0. The topological polar surface area (TPSA) is 49.8 Å². The minimum Gasteiger partial charge on any atom is -0.370 e. The minimum atomic E-state index is 0.352. The second-order valence-corrected chi connectivity index (χ2v) is 5.69. The predicted octanol–water partition coefficient (Wildman–Crippen LogP) is 3.63. The van der Waals surface area contributed by atoms with E-state index in [0.29, 0.717) is 5.92 Å². The van der Waals surface area contributed by atoms with Gasteiger partial charge < -0.3 is 10.6 Å². The second-order valence-electron chi connectivity index (χ2n) is 5.69. The Labute approximate surface area is 116 Å². The van der Waals surface area contributed by atoms with Crippen molar-refractivity contribution < 1.29 is 0 Å². The zero-order chi connectivity index (χ0) is 13.7. The summed E-state index contributed by atoms with van der Waals surface area (Å²) in [4.78, 5) is 9.11. The number of aromatic nitrogens is 2. The maximum Gasteiger partial charge on any atom is 0.135 e. The van der Waals surface area contributed by atoms with E-state index in [1.165, 1.54) is 25.7 Å². The smallest absolute Gasteiger partial charge is 0.135 e. The summed E-state index contributed by atoms with van der Waals surface area (Å²) in [5, 5.41) is 6.70. The lowest BCUT2D eigenvalue weighted by atomic mass is 10.2. The zero-order valence-electron chi connectivity index (χ0n) is 12.4. The summed E-state index contributed by atoms with van der Waals surface area (Å²) >= 11 is 0. The van der Waals surface area contributed by atoms with Crippen molar-refractivity contribution in [1.82, 2.24) is 9.97 Å². The fourth-order valence-electron chi connectivity index (χ4n) is 2.10. The highest BCUT2D eigenvalue weighted by Gasteiger charge is 2.19. The fourth-order valence-corrected chi connectivity index (χ4v) is 2.10. The van der Waals surface area contributed by atoms with Gasteiger partial charge in [-0.05, 0) is 25.7 Å². The van der Waals surface area contributed by atoms with Gasteiger partial charge in [0.05, 0.1) is 0 Å². The zero-order valence-corrected chi connectivity index (χ0v) is 12.4. The SMILES string of the molecule is CCNc1cc(NCCCC2CC2)nc(C(C)C)n1. The highest BCUT2D eigenvalue weighted by atomic mass is 15.1. The second kappa shape index (κ2) is 6.73. The molecular weight excluding hydrogens is 236 g/mol. The van der Waals surface area contributed by atoms with Crippen LogP contribution in [0.2, 0.25) is 0 Å². The van der Waals surface area contributed by atoms with Crippen molar-refractivity contribution in [2.24, 2.45) is 5.92 Å². The van der Waals surface area contributed by atoms with Crippen molar-refractivity contribution >= 4 is 11.6 Å². The quantitative estimate of drug-likeness (QED) is 0.702. The molecule has 1 heterocycles. The first kappa shape index (κ1) is 14.1. The maximum atomic E-state index is 4.59. The molecule has 1 saturated carbocycles. The Bertz CT molecular complexity index is 399. The average molecular weight is 262 g/mol. The number of anilines is 2. The molecule has 106 valence electrons. The summed E-state index contributed by atoms with van der Waals surface area (Å²) in [6.45, 7) is 8.23. The van der Waals surface area contributed by atoms with Crippen LogP contribution in [0.5, 0.6) is 0 Å². The van der Waals surface area contributed by atoms with E-state index in [-0.39, 0.29) is 0 Å². The molecule has 4 heteroatoms. The lowest BCUT2D eigenvalue weighted by molar-refractivity contribution is 0.685. The number of hydrogen-bond donors (Lipinski definition) is 2. The summed E-state index contributed by atoms with van der Waals surface area (Å²) in [6, 6.07) is 2.01. The molecule has 2 rings (SSSR count). The molecule has 1 fully saturated rings. The van der Waals surface area contributed by atoms with Crippen LogP contribution in [0.4, 0.5) is 11.6 Å². The lowest BCUT2D eigenvalue weighted by Gasteiger charge is -2.12. The van der Waals surface area contributed by atoms with Crippen LogP contribution in [0.25, 0.3) is 0 Å². The van der Waals surface area contributed by atoms with Gasteiger partial charge >= 0.3 is 0 Å². The van der Waals surface area contributed by atoms with E-state index in [2.05, 4.69) is 41.4 Å². The Kier molecular flexibility index (Phi) is 5.00. The molecular formula is C15H26N4. The predicted molar refractivity (Wildman–Crippen MR) is 80.7 cm³/mol. The number of nitrogens with zero attached hydrogens (tertiary/aromatic N) is 2. The van der Waals surface area contributed by atoms with Crippen LogP contribution >= 0.6 is 0 Å². The van der Waals surface area contributed by atoms with E-state index in [1.807, 2.05) is 6.07 Å². The Morgan fingerprint density at radius 2 is 1.89 bits per heavy atom. The largest absolute Gasteiger partial charge is 0.370 e. The van der Waals surface area contributed by atoms with Gasteiger partial charge in [-0.15, -0.1) is 0 Å². The standard InChI is InChI=1S/C15H26N4/c1-4-16-13-10-14(19-15(18-13)11(2)3)17-9-5-6-12-7-8-12/h10-12H,4-9H2,1-3H3,(H2,16,17,18,19). The minimum absolute atomic E-state index is 0.352. The third-order valence-corrected chi connectivity index (χ3v) is 3.41. The molecule has 0 unspecified atom stereocenters. The summed E-state index contributed by atoms with van der Waals surface area (Å²) in [6.07, 6.45) is 5.47. The molecule has 0 radical (unpaired) electrons. The van der Waals surface area contributed by atoms with Gasteiger partial charge in [0, 0.05) is 25.1 Å². The molecule has 2 N–H and O–H groups in total. The third-order valence-electron chi connectivity index (χ3n) is 3.41. The Hall–Kier alpha value is -1.32. The molecule has 1 aromatic rings. The van der Waals surface area contributed by atoms with E-state index < -0.39 is 0 Å². The third kappa shape index (κ3) is 4.69. The normalized spacial score (nSPS) is 14.7. The van der Waals surface area contributed by atoms with Gasteiger partial charge in [-0.25, -0.2) is 9.97 Å². The van der Waals surface area contributed by atoms with Crippen LogP contribution in [0, 0.1) is 5.92 Å². The van der Waals surface area contributed by atoms with Gasteiger partial charge in [0.25, 0.3) is 0 Å². The van der Waals surface area contributed by atoms with Crippen LogP contribution in [-0.4, -0.2) is 23.1 Å². The Morgan fingerprint density at radius 1 is 1.21 bits per heavy atom. The first-order chi connectivity index (χ1) is 9.19. The average Bonchev–Trinajstić information content (AvgIpc) is 3.19. The summed E-state index contributed by atoms with van der Waals surface area (Å²) in [5.41, 5.74) is 0. The van der Waals surface area contributed by atoms with Gasteiger partial charge in [-0.3, -0.25) is 0 Å². The molecule has 4 nitrogen and oxygen atoms in total. The molecule has 0 aliphatic heterocycles. The van der Waals surface area contributed by atoms with E-state index in [4.69, 9.17) is 0 Å². The first-order valence-electron chi connectivity index (χ1n) is 7.55. The van der Waals surface area contributed by atoms with Crippen molar-refractivity contribution in [3.8, 4) is 0 Å². The van der Waals surface area contributed by atoms with Crippen molar-refractivity contribution in [2.45, 2.75) is 52.4 Å². The summed E-state index contributed by atoms with van der Waals surface area (Å²) in [7, 11) is 0. The van der Waals surface area contributed by atoms with E-state index in [9.17, 15) is 0 Å². The molecule has 1 aliphatic rings. The van der Waals surface area contributed by atoms with Crippen LogP contribution in [0.3, 0.4) is 0 Å². The number of rotatable bonds is 8. The van der Waals surface area contributed by atoms with Gasteiger partial charge in [-0.2, -0.15) is 0 Å². The Morgan fingerprint density at radius 3 is 2.47 bits per heavy atom. The molecule has 1 aromatic heterocycles. The van der Waals surface area contributed by atoms with E-state index >= 15 is 0 Å². The molecule has 0 amide bonds. The molecule has 0 bridgehead atoms. The molecule has 0 atom stereocenters. The van der Waals surface area contributed by atoms with Crippen LogP contribution < -0.4 is 10.6 Å². The summed E-state index contributed by atoms with van der Waals surface area (Å²) in [5.74, 6) is 4.14. The molecule has 19 heavy (non-hydrogen) atoms. The van der Waals surface area contributed by atoms with Gasteiger partial charge in [0.2, 0.25) is 0 Å². The lowest BCUT2D eigenvalue weighted by Crippen LogP contribution is -2.10. The van der Waals surface area contributed by atoms with Gasteiger partial charge in [0.1, 0.15) is 17.5 Å².